The van der Waals surface area contributed by atoms with Crippen LogP contribution in [-0.2, 0) is 25.9 Å². The van der Waals surface area contributed by atoms with Gasteiger partial charge in [0.15, 0.2) is 17.1 Å². The van der Waals surface area contributed by atoms with E-state index in [1.165, 1.54) is 32.8 Å². The Balaban J connectivity index is 1.87. The highest BCUT2D eigenvalue weighted by Gasteiger charge is 2.30. The van der Waals surface area contributed by atoms with Crippen LogP contribution < -0.4 is 10.2 Å². The third-order valence-electron chi connectivity index (χ3n) is 9.63. The number of methoxy groups -OCH3 is 1. The van der Waals surface area contributed by atoms with Crippen molar-refractivity contribution in [1.82, 2.24) is 9.80 Å². The molecule has 8 nitrogen and oxygen atoms in total. The Morgan fingerprint density at radius 2 is 1.11 bits per heavy atom. The smallest absolute Gasteiger partial charge is 0.204 e. The molecule has 8 heteroatoms. The van der Waals surface area contributed by atoms with Crippen LogP contribution in [-0.4, -0.2) is 58.4 Å². The van der Waals surface area contributed by atoms with Crippen molar-refractivity contribution >= 4 is 21.9 Å². The number of nitrogens with zero attached hydrogens (tertiary/aromatic N) is 2. The monoisotopic (exact) mass is 632 g/mol. The highest BCUT2D eigenvalue weighted by atomic mass is 16.5. The molecule has 0 spiro atoms. The molecule has 0 bridgehead atoms. The van der Waals surface area contributed by atoms with Gasteiger partial charge in [0.25, 0.3) is 0 Å². The quantitative estimate of drug-likeness (QED) is 0.162. The SMILES string of the molecule is COc1c(O)c(CN2CCCCCC2)c2oc3c(CN4CCCCCC4)c(O)c(CC=C(C)C)c(O)c3c(=O)c2c1CC=C(C)C. The molecule has 0 radical (unpaired) electrons. The average molecular weight is 633 g/mol. The summed E-state index contributed by atoms with van der Waals surface area (Å²) in [5.74, 6) is -0.0590. The van der Waals surface area contributed by atoms with Gasteiger partial charge in [-0.3, -0.25) is 14.6 Å². The van der Waals surface area contributed by atoms with Crippen molar-refractivity contribution in [2.45, 2.75) is 105 Å². The molecule has 2 saturated heterocycles. The first-order chi connectivity index (χ1) is 22.1. The zero-order chi connectivity index (χ0) is 33.0. The van der Waals surface area contributed by atoms with Gasteiger partial charge in [0.2, 0.25) is 5.43 Å². The van der Waals surface area contributed by atoms with Gasteiger partial charge in [-0.15, -0.1) is 0 Å². The van der Waals surface area contributed by atoms with E-state index in [0.717, 1.165) is 63.0 Å². The number of aromatic hydroxyl groups is 3. The van der Waals surface area contributed by atoms with E-state index in [-0.39, 0.29) is 45.8 Å². The van der Waals surface area contributed by atoms with Gasteiger partial charge in [-0.1, -0.05) is 49.0 Å². The maximum atomic E-state index is 14.9. The molecule has 0 aliphatic carbocycles. The Labute approximate surface area is 273 Å². The summed E-state index contributed by atoms with van der Waals surface area (Å²) < 4.78 is 12.6. The summed E-state index contributed by atoms with van der Waals surface area (Å²) >= 11 is 0. The molecule has 250 valence electrons. The summed E-state index contributed by atoms with van der Waals surface area (Å²) in [6.07, 6.45) is 13.5. The molecule has 0 unspecified atom stereocenters. The molecule has 5 rings (SSSR count). The normalized spacial score (nSPS) is 16.7. The van der Waals surface area contributed by atoms with Crippen molar-refractivity contribution in [3.8, 4) is 23.0 Å². The van der Waals surface area contributed by atoms with Crippen LogP contribution in [0.4, 0.5) is 0 Å². The van der Waals surface area contributed by atoms with E-state index in [1.807, 2.05) is 39.8 Å². The third kappa shape index (κ3) is 7.08. The van der Waals surface area contributed by atoms with Crippen molar-refractivity contribution in [3.05, 3.63) is 55.8 Å². The van der Waals surface area contributed by atoms with E-state index in [9.17, 15) is 20.1 Å². The van der Waals surface area contributed by atoms with Crippen molar-refractivity contribution < 1.29 is 24.5 Å². The van der Waals surface area contributed by atoms with Crippen molar-refractivity contribution in [3.63, 3.8) is 0 Å². The number of fused-ring (bicyclic) bond motifs is 2. The van der Waals surface area contributed by atoms with E-state index < -0.39 is 0 Å². The summed E-state index contributed by atoms with van der Waals surface area (Å²) in [5, 5.41) is 35.7. The molecule has 3 N–H and O–H groups in total. The van der Waals surface area contributed by atoms with Crippen LogP contribution in [0, 0.1) is 0 Å². The Hall–Kier alpha value is -3.49. The van der Waals surface area contributed by atoms with Crippen molar-refractivity contribution in [2.75, 3.05) is 33.3 Å². The van der Waals surface area contributed by atoms with E-state index in [0.29, 0.717) is 52.7 Å². The summed E-state index contributed by atoms with van der Waals surface area (Å²) in [7, 11) is 1.51. The standard InChI is InChI=1S/C38H52N2O6/c1-24(2)14-16-26-30-35(44)31-33(42)27(17-15-25(3)4)32(41)28(22-39-18-10-6-7-11-19-39)37(31)46-36(30)29(34(43)38(26)45-5)23-40-20-12-8-9-13-21-40/h14-15,41-43H,6-13,16-23H2,1-5H3. The minimum Gasteiger partial charge on any atom is -0.507 e. The molecule has 2 fully saturated rings. The summed E-state index contributed by atoms with van der Waals surface area (Å²) in [4.78, 5) is 19.5. The zero-order valence-corrected chi connectivity index (χ0v) is 28.4. The first-order valence-corrected chi connectivity index (χ1v) is 17.1. The Morgan fingerprint density at radius 1 is 0.652 bits per heavy atom. The summed E-state index contributed by atoms with van der Waals surface area (Å²) in [6.45, 7) is 12.2. The number of phenolic OH excluding ortho intramolecular Hbond substituents is 3. The summed E-state index contributed by atoms with van der Waals surface area (Å²) in [6, 6.07) is 0. The maximum Gasteiger partial charge on any atom is 0.204 e. The number of allylic oxidation sites excluding steroid dienone is 4. The lowest BCUT2D eigenvalue weighted by molar-refractivity contribution is 0.269. The first kappa shape index (κ1) is 33.9. The number of rotatable bonds is 9. The molecule has 0 saturated carbocycles. The van der Waals surface area contributed by atoms with Crippen molar-refractivity contribution in [2.24, 2.45) is 0 Å². The average Bonchev–Trinajstić information content (AvgIpc) is 3.44. The minimum absolute atomic E-state index is 0.0263. The van der Waals surface area contributed by atoms with E-state index in [4.69, 9.17) is 9.15 Å². The van der Waals surface area contributed by atoms with Gasteiger partial charge in [0.05, 0.1) is 23.6 Å². The Bertz CT molecular complexity index is 1680. The number of likely N-dealkylation sites (tertiary alicyclic amines) is 2. The number of phenols is 3. The number of ether oxygens (including phenoxy) is 1. The molecule has 2 aliphatic heterocycles. The molecule has 2 aromatic carbocycles. The van der Waals surface area contributed by atoms with Gasteiger partial charge in [-0.2, -0.15) is 0 Å². The minimum atomic E-state index is -0.378. The van der Waals surface area contributed by atoms with Crippen LogP contribution in [0.25, 0.3) is 21.9 Å². The molecule has 2 aliphatic rings. The van der Waals surface area contributed by atoms with Gasteiger partial charge in [0, 0.05) is 24.2 Å². The van der Waals surface area contributed by atoms with E-state index in [2.05, 4.69) is 9.80 Å². The fourth-order valence-corrected chi connectivity index (χ4v) is 7.05. The number of hydrogen-bond donors (Lipinski definition) is 3. The predicted octanol–water partition coefficient (Wildman–Crippen LogP) is 7.84. The molecule has 46 heavy (non-hydrogen) atoms. The van der Waals surface area contributed by atoms with Crippen molar-refractivity contribution in [1.29, 1.82) is 0 Å². The second-order valence-corrected chi connectivity index (χ2v) is 13.7. The molecular weight excluding hydrogens is 580 g/mol. The summed E-state index contributed by atoms with van der Waals surface area (Å²) in [5.41, 5.74) is 4.07. The van der Waals surface area contributed by atoms with Crippen LogP contribution in [0.5, 0.6) is 23.0 Å². The zero-order valence-electron chi connectivity index (χ0n) is 28.4. The predicted molar refractivity (Wildman–Crippen MR) is 185 cm³/mol. The molecule has 3 heterocycles. The van der Waals surface area contributed by atoms with Crippen LogP contribution in [0.1, 0.15) is 101 Å². The fraction of sp³-hybridized carbons (Fsp3) is 0.553. The lowest BCUT2D eigenvalue weighted by Crippen LogP contribution is -2.25. The van der Waals surface area contributed by atoms with E-state index >= 15 is 0 Å². The van der Waals surface area contributed by atoms with Gasteiger partial charge in [-0.05, 0) is 92.4 Å². The molecule has 3 aromatic rings. The second-order valence-electron chi connectivity index (χ2n) is 13.7. The van der Waals surface area contributed by atoms with Crippen LogP contribution in [0.2, 0.25) is 0 Å². The first-order valence-electron chi connectivity index (χ1n) is 17.1. The van der Waals surface area contributed by atoms with Crippen LogP contribution in [0.3, 0.4) is 0 Å². The van der Waals surface area contributed by atoms with E-state index in [1.54, 1.807) is 0 Å². The van der Waals surface area contributed by atoms with Gasteiger partial charge >= 0.3 is 0 Å². The Kier molecular flexibility index (Phi) is 11.0. The number of hydrogen-bond acceptors (Lipinski definition) is 8. The maximum absolute atomic E-state index is 14.9. The van der Waals surface area contributed by atoms with Gasteiger partial charge in [0.1, 0.15) is 22.5 Å². The fourth-order valence-electron chi connectivity index (χ4n) is 7.05. The lowest BCUT2D eigenvalue weighted by atomic mass is 9.94. The second kappa shape index (κ2) is 14.9. The topological polar surface area (TPSA) is 107 Å². The lowest BCUT2D eigenvalue weighted by Gasteiger charge is -2.25. The Morgan fingerprint density at radius 3 is 1.59 bits per heavy atom. The molecule has 0 amide bonds. The van der Waals surface area contributed by atoms with Gasteiger partial charge in [-0.25, -0.2) is 0 Å². The molecular formula is C38H52N2O6. The largest absolute Gasteiger partial charge is 0.507 e. The highest BCUT2D eigenvalue weighted by Crippen LogP contribution is 2.46. The highest BCUT2D eigenvalue weighted by molar-refractivity contribution is 6.00. The third-order valence-corrected chi connectivity index (χ3v) is 9.63. The van der Waals surface area contributed by atoms with Gasteiger partial charge < -0.3 is 24.5 Å². The van der Waals surface area contributed by atoms with Crippen LogP contribution in [0.15, 0.2) is 32.5 Å². The number of benzene rings is 2. The van der Waals surface area contributed by atoms with Crippen LogP contribution >= 0.6 is 0 Å². The molecule has 1 aromatic heterocycles. The molecule has 0 atom stereocenters.